The van der Waals surface area contributed by atoms with Gasteiger partial charge in [-0.05, 0) is 19.8 Å². The Hall–Kier alpha value is -0.610. The van der Waals surface area contributed by atoms with Crippen molar-refractivity contribution < 1.29 is 14.6 Å². The van der Waals surface area contributed by atoms with Crippen LogP contribution in [0.1, 0.15) is 33.6 Å². The van der Waals surface area contributed by atoms with Gasteiger partial charge in [-0.1, -0.05) is 13.8 Å². The highest BCUT2D eigenvalue weighted by Crippen LogP contribution is 2.32. The number of aliphatic imine (C=N–C) groups is 1. The second kappa shape index (κ2) is 12.7. The van der Waals surface area contributed by atoms with Crippen molar-refractivity contribution in [3.05, 3.63) is 0 Å². The van der Waals surface area contributed by atoms with Crippen LogP contribution in [0.25, 0.3) is 0 Å². The monoisotopic (exact) mass is 456 g/mol. The van der Waals surface area contributed by atoms with Crippen molar-refractivity contribution in [2.24, 2.45) is 16.3 Å². The molecule has 1 amide bonds. The maximum absolute atomic E-state index is 11.5. The Labute approximate surface area is 162 Å². The Balaban J connectivity index is 0.00000529. The summed E-state index contributed by atoms with van der Waals surface area (Å²) in [5.74, 6) is 0.784. The minimum Gasteiger partial charge on any atom is -0.396 e. The van der Waals surface area contributed by atoms with E-state index in [9.17, 15) is 9.90 Å². The first-order valence-corrected chi connectivity index (χ1v) is 8.51. The van der Waals surface area contributed by atoms with Crippen LogP contribution in [-0.4, -0.2) is 63.0 Å². The van der Waals surface area contributed by atoms with E-state index in [-0.39, 0.29) is 47.8 Å². The van der Waals surface area contributed by atoms with Crippen LogP contribution >= 0.6 is 24.0 Å². The largest absolute Gasteiger partial charge is 0.396 e. The van der Waals surface area contributed by atoms with Crippen molar-refractivity contribution in [2.45, 2.75) is 33.6 Å². The third-order valence-corrected chi connectivity index (χ3v) is 3.98. The summed E-state index contributed by atoms with van der Waals surface area (Å²) in [5, 5.41) is 18.5. The van der Waals surface area contributed by atoms with Crippen LogP contribution < -0.4 is 16.0 Å². The van der Waals surface area contributed by atoms with E-state index in [1.165, 1.54) is 0 Å². The van der Waals surface area contributed by atoms with Crippen LogP contribution in [0, 0.1) is 11.3 Å². The van der Waals surface area contributed by atoms with E-state index < -0.39 is 0 Å². The highest BCUT2D eigenvalue weighted by molar-refractivity contribution is 14.0. The number of hydrogen-bond acceptors (Lipinski definition) is 4. The zero-order valence-corrected chi connectivity index (χ0v) is 17.4. The van der Waals surface area contributed by atoms with E-state index in [1.807, 2.05) is 20.8 Å². The minimum absolute atomic E-state index is 0. The lowest BCUT2D eigenvalue weighted by atomic mass is 9.84. The fraction of sp³-hybridized carbons (Fsp3) is 0.875. The first kappa shape index (κ1) is 23.4. The molecule has 1 atom stereocenters. The Kier molecular flexibility index (Phi) is 12.4. The molecule has 8 heteroatoms. The van der Waals surface area contributed by atoms with E-state index in [0.717, 1.165) is 25.5 Å². The lowest BCUT2D eigenvalue weighted by molar-refractivity contribution is -0.123. The number of carbonyl (C=O) groups excluding carboxylic acids is 1. The predicted molar refractivity (Wildman–Crippen MR) is 107 cm³/mol. The molecule has 1 unspecified atom stereocenters. The maximum Gasteiger partial charge on any atom is 0.222 e. The molecule has 0 aromatic heterocycles. The number of rotatable bonds is 9. The van der Waals surface area contributed by atoms with Gasteiger partial charge in [-0.2, -0.15) is 0 Å². The van der Waals surface area contributed by atoms with Gasteiger partial charge in [-0.25, -0.2) is 0 Å². The molecule has 1 heterocycles. The van der Waals surface area contributed by atoms with Crippen LogP contribution in [0.5, 0.6) is 0 Å². The summed E-state index contributed by atoms with van der Waals surface area (Å²) in [6, 6.07) is 0. The normalized spacial score (nSPS) is 20.6. The summed E-state index contributed by atoms with van der Waals surface area (Å²) < 4.78 is 5.48. The second-order valence-electron chi connectivity index (χ2n) is 6.34. The van der Waals surface area contributed by atoms with Crippen molar-refractivity contribution in [3.8, 4) is 0 Å². The molecule has 0 radical (unpaired) electrons. The Bertz CT molecular complexity index is 386. The van der Waals surface area contributed by atoms with Crippen molar-refractivity contribution in [2.75, 3.05) is 46.0 Å². The lowest BCUT2D eigenvalue weighted by Gasteiger charge is -2.24. The molecule has 1 aliphatic rings. The van der Waals surface area contributed by atoms with Gasteiger partial charge in [-0.3, -0.25) is 9.79 Å². The molecule has 0 aliphatic carbocycles. The molecule has 1 saturated heterocycles. The topological polar surface area (TPSA) is 95.0 Å². The van der Waals surface area contributed by atoms with E-state index in [2.05, 4.69) is 20.9 Å². The number of amides is 1. The molecule has 1 rings (SSSR count). The van der Waals surface area contributed by atoms with Crippen LogP contribution in [-0.2, 0) is 9.53 Å². The van der Waals surface area contributed by atoms with Gasteiger partial charge in [0.05, 0.1) is 13.2 Å². The third kappa shape index (κ3) is 8.48. The van der Waals surface area contributed by atoms with Gasteiger partial charge in [0.15, 0.2) is 5.96 Å². The molecule has 4 N–H and O–H groups in total. The van der Waals surface area contributed by atoms with Gasteiger partial charge >= 0.3 is 0 Å². The molecule has 0 bridgehead atoms. The van der Waals surface area contributed by atoms with Gasteiger partial charge < -0.3 is 25.8 Å². The summed E-state index contributed by atoms with van der Waals surface area (Å²) >= 11 is 0. The maximum atomic E-state index is 11.5. The van der Waals surface area contributed by atoms with Crippen LogP contribution in [0.15, 0.2) is 4.99 Å². The number of hydrogen-bond donors (Lipinski definition) is 4. The van der Waals surface area contributed by atoms with Crippen LogP contribution in [0.2, 0.25) is 0 Å². The number of nitrogens with one attached hydrogen (secondary N) is 3. The lowest BCUT2D eigenvalue weighted by Crippen LogP contribution is -2.43. The molecular formula is C16H33IN4O3. The molecule has 142 valence electrons. The molecular weight excluding hydrogens is 423 g/mol. The van der Waals surface area contributed by atoms with E-state index in [4.69, 9.17) is 4.74 Å². The average molecular weight is 456 g/mol. The van der Waals surface area contributed by atoms with Gasteiger partial charge in [0.25, 0.3) is 0 Å². The number of halogens is 1. The zero-order valence-electron chi connectivity index (χ0n) is 15.1. The summed E-state index contributed by atoms with van der Waals surface area (Å²) in [7, 11) is 0. The number of ether oxygens (including phenoxy) is 1. The fourth-order valence-corrected chi connectivity index (χ4v) is 2.45. The Morgan fingerprint density at radius 1 is 1.29 bits per heavy atom. The van der Waals surface area contributed by atoms with E-state index in [0.29, 0.717) is 32.7 Å². The van der Waals surface area contributed by atoms with Gasteiger partial charge in [0.1, 0.15) is 0 Å². The van der Waals surface area contributed by atoms with Crippen molar-refractivity contribution >= 4 is 35.8 Å². The Morgan fingerprint density at radius 3 is 2.54 bits per heavy atom. The van der Waals surface area contributed by atoms with Gasteiger partial charge in [-0.15, -0.1) is 24.0 Å². The van der Waals surface area contributed by atoms with Gasteiger partial charge in [0, 0.05) is 44.2 Å². The molecule has 0 spiro atoms. The number of nitrogens with zero attached hydrogens (tertiary/aromatic N) is 1. The molecule has 1 aliphatic heterocycles. The number of aliphatic hydroxyl groups is 1. The summed E-state index contributed by atoms with van der Waals surface area (Å²) in [6.45, 7) is 9.89. The second-order valence-corrected chi connectivity index (χ2v) is 6.34. The molecule has 0 saturated carbocycles. The smallest absolute Gasteiger partial charge is 0.222 e. The highest BCUT2D eigenvalue weighted by atomic mass is 127. The standard InChI is InChI=1S/C16H32N4O3.HI/c1-4-17-15(19-8-7-18-14(22)13(2)3)20-11-16(5-9-21)6-10-23-12-16;/h13,21H,4-12H2,1-3H3,(H,18,22)(H2,17,19,20);1H. The first-order chi connectivity index (χ1) is 11.0. The third-order valence-electron chi connectivity index (χ3n) is 3.98. The quantitative estimate of drug-likeness (QED) is 0.178. The summed E-state index contributed by atoms with van der Waals surface area (Å²) in [5.41, 5.74) is -0.0526. The number of carbonyl (C=O) groups is 1. The molecule has 1 fully saturated rings. The SMILES string of the molecule is CCNC(=NCC1(CCO)CCOC1)NCCNC(=O)C(C)C.I. The summed E-state index contributed by atoms with van der Waals surface area (Å²) in [6.07, 6.45) is 1.64. The number of guanidine groups is 1. The molecule has 7 nitrogen and oxygen atoms in total. The van der Waals surface area contributed by atoms with Crippen molar-refractivity contribution in [1.82, 2.24) is 16.0 Å². The minimum atomic E-state index is -0.0526. The van der Waals surface area contributed by atoms with Gasteiger partial charge in [0.2, 0.25) is 5.91 Å². The van der Waals surface area contributed by atoms with Crippen molar-refractivity contribution in [3.63, 3.8) is 0 Å². The molecule has 24 heavy (non-hydrogen) atoms. The molecule has 0 aromatic rings. The average Bonchev–Trinajstić information content (AvgIpc) is 2.98. The fourth-order valence-electron chi connectivity index (χ4n) is 2.45. The number of aliphatic hydroxyl groups excluding tert-OH is 1. The summed E-state index contributed by atoms with van der Waals surface area (Å²) in [4.78, 5) is 16.1. The van der Waals surface area contributed by atoms with Crippen molar-refractivity contribution in [1.29, 1.82) is 0 Å². The van der Waals surface area contributed by atoms with E-state index >= 15 is 0 Å². The zero-order chi connectivity index (χ0) is 17.1. The van der Waals surface area contributed by atoms with Crippen LogP contribution in [0.4, 0.5) is 0 Å². The highest BCUT2D eigenvalue weighted by Gasteiger charge is 2.34. The predicted octanol–water partition coefficient (Wildman–Crippen LogP) is 0.721. The van der Waals surface area contributed by atoms with E-state index in [1.54, 1.807) is 0 Å². The Morgan fingerprint density at radius 2 is 2.00 bits per heavy atom. The first-order valence-electron chi connectivity index (χ1n) is 8.51. The molecule has 0 aromatic carbocycles. The van der Waals surface area contributed by atoms with Crippen LogP contribution in [0.3, 0.4) is 0 Å².